The van der Waals surface area contributed by atoms with E-state index in [1.54, 1.807) is 13.2 Å². The third-order valence-corrected chi connectivity index (χ3v) is 5.99. The minimum Gasteiger partial charge on any atom is -0.497 e. The molecular formula is C23H26N4O5. The fourth-order valence-corrected chi connectivity index (χ4v) is 4.28. The van der Waals surface area contributed by atoms with Gasteiger partial charge in [0.15, 0.2) is 0 Å². The second-order valence-electron chi connectivity index (χ2n) is 7.89. The lowest BCUT2D eigenvalue weighted by Crippen LogP contribution is -2.38. The maximum absolute atomic E-state index is 12.5. The molecule has 1 aliphatic rings. The van der Waals surface area contributed by atoms with Crippen LogP contribution in [0.15, 0.2) is 42.6 Å². The summed E-state index contributed by atoms with van der Waals surface area (Å²) >= 11 is 0. The molecule has 0 saturated carbocycles. The molecule has 1 saturated heterocycles. The van der Waals surface area contributed by atoms with Gasteiger partial charge in [-0.3, -0.25) is 19.8 Å². The van der Waals surface area contributed by atoms with Crippen molar-refractivity contribution in [3.05, 3.63) is 58.3 Å². The van der Waals surface area contributed by atoms with E-state index in [1.165, 1.54) is 30.2 Å². The highest BCUT2D eigenvalue weighted by molar-refractivity contribution is 5.94. The Balaban J connectivity index is 1.36. The zero-order valence-corrected chi connectivity index (χ0v) is 18.1. The first-order valence-electron chi connectivity index (χ1n) is 10.5. The van der Waals surface area contributed by atoms with Crippen molar-refractivity contribution in [2.75, 3.05) is 39.2 Å². The first kappa shape index (κ1) is 21.6. The Morgan fingerprint density at radius 3 is 2.53 bits per heavy atom. The lowest BCUT2D eigenvalue weighted by molar-refractivity contribution is -0.384. The number of aromatic nitrogens is 1. The smallest absolute Gasteiger partial charge is 0.296 e. The van der Waals surface area contributed by atoms with Gasteiger partial charge in [0, 0.05) is 17.1 Å². The number of H-pyrrole nitrogens is 1. The van der Waals surface area contributed by atoms with Gasteiger partial charge in [-0.15, -0.1) is 0 Å². The number of anilines is 1. The Morgan fingerprint density at radius 2 is 1.84 bits per heavy atom. The number of amides is 1. The number of hydrogen-bond acceptors (Lipinski definition) is 6. The molecule has 1 aliphatic heterocycles. The van der Waals surface area contributed by atoms with Crippen LogP contribution in [0.3, 0.4) is 0 Å². The molecule has 4 rings (SSSR count). The Morgan fingerprint density at radius 1 is 1.16 bits per heavy atom. The zero-order chi connectivity index (χ0) is 22.7. The highest BCUT2D eigenvalue weighted by Crippen LogP contribution is 2.35. The molecule has 2 heterocycles. The first-order valence-corrected chi connectivity index (χ1v) is 10.5. The van der Waals surface area contributed by atoms with Crippen molar-refractivity contribution in [3.63, 3.8) is 0 Å². The minimum absolute atomic E-state index is 0.170. The molecule has 0 aliphatic carbocycles. The van der Waals surface area contributed by atoms with Gasteiger partial charge in [0.2, 0.25) is 5.91 Å². The van der Waals surface area contributed by atoms with E-state index in [2.05, 4.69) is 27.5 Å². The van der Waals surface area contributed by atoms with E-state index in [1.807, 2.05) is 12.1 Å². The van der Waals surface area contributed by atoms with E-state index in [9.17, 15) is 14.9 Å². The van der Waals surface area contributed by atoms with Gasteiger partial charge in [-0.05, 0) is 67.7 Å². The van der Waals surface area contributed by atoms with E-state index >= 15 is 0 Å². The second-order valence-corrected chi connectivity index (χ2v) is 7.89. The predicted molar refractivity (Wildman–Crippen MR) is 122 cm³/mol. The maximum atomic E-state index is 12.5. The van der Waals surface area contributed by atoms with Crippen molar-refractivity contribution in [1.82, 2.24) is 9.88 Å². The summed E-state index contributed by atoms with van der Waals surface area (Å²) in [5, 5.41) is 15.2. The topological polar surface area (TPSA) is 110 Å². The van der Waals surface area contributed by atoms with Gasteiger partial charge in [0.25, 0.3) is 5.69 Å². The highest BCUT2D eigenvalue weighted by Gasteiger charge is 2.25. The molecule has 0 spiro atoms. The lowest BCUT2D eigenvalue weighted by atomic mass is 9.89. The Bertz CT molecular complexity index is 1130. The number of nitro groups is 1. The number of ether oxygens (including phenoxy) is 2. The largest absolute Gasteiger partial charge is 0.497 e. The summed E-state index contributed by atoms with van der Waals surface area (Å²) < 4.78 is 10.4. The van der Waals surface area contributed by atoms with Crippen LogP contribution in [0, 0.1) is 10.1 Å². The van der Waals surface area contributed by atoms with Crippen LogP contribution < -0.4 is 14.8 Å². The number of nitro benzene ring substituents is 1. The highest BCUT2D eigenvalue weighted by atomic mass is 16.6. The first-order chi connectivity index (χ1) is 15.5. The number of nitrogens with zero attached hydrogens (tertiary/aromatic N) is 2. The van der Waals surface area contributed by atoms with Crippen LogP contribution in [0.4, 0.5) is 11.4 Å². The van der Waals surface area contributed by atoms with E-state index in [4.69, 9.17) is 9.47 Å². The number of methoxy groups -OCH3 is 2. The standard InChI is InChI=1S/C23H26N4O5/c1-31-16-3-5-20-18(11-16)19(13-24-20)15-7-9-26(10-8-15)14-23(28)25-21-6-4-17(32-2)12-22(21)27(29)30/h3-6,11-13,15,24H,7-10,14H2,1-2H3,(H,25,28). The molecule has 1 amide bonds. The molecule has 2 aromatic carbocycles. The molecule has 168 valence electrons. The number of benzene rings is 2. The van der Waals surface area contributed by atoms with Gasteiger partial charge >= 0.3 is 0 Å². The van der Waals surface area contributed by atoms with E-state index < -0.39 is 4.92 Å². The average molecular weight is 438 g/mol. The van der Waals surface area contributed by atoms with Gasteiger partial charge in [0.05, 0.1) is 31.8 Å². The normalized spacial score (nSPS) is 14.9. The molecule has 0 radical (unpaired) electrons. The molecule has 3 aromatic rings. The number of rotatable bonds is 7. The van der Waals surface area contributed by atoms with Crippen LogP contribution >= 0.6 is 0 Å². The Labute approximate surface area is 185 Å². The van der Waals surface area contributed by atoms with E-state index in [0.29, 0.717) is 11.7 Å². The number of carbonyl (C=O) groups excluding carboxylic acids is 1. The number of likely N-dealkylation sites (tertiary alicyclic amines) is 1. The van der Waals surface area contributed by atoms with E-state index in [-0.39, 0.29) is 23.8 Å². The maximum Gasteiger partial charge on any atom is 0.296 e. The molecule has 2 N–H and O–H groups in total. The summed E-state index contributed by atoms with van der Waals surface area (Å²) in [4.78, 5) is 28.7. The fraction of sp³-hybridized carbons (Fsp3) is 0.348. The Hall–Kier alpha value is -3.59. The van der Waals surface area contributed by atoms with Crippen LogP contribution in [0.5, 0.6) is 11.5 Å². The molecule has 9 heteroatoms. The third kappa shape index (κ3) is 4.52. The van der Waals surface area contributed by atoms with Gasteiger partial charge in [-0.1, -0.05) is 0 Å². The van der Waals surface area contributed by atoms with Gasteiger partial charge in [-0.2, -0.15) is 0 Å². The minimum atomic E-state index is -0.528. The van der Waals surface area contributed by atoms with Gasteiger partial charge in [-0.25, -0.2) is 0 Å². The number of carbonyl (C=O) groups is 1. The average Bonchev–Trinajstić information content (AvgIpc) is 3.22. The number of piperidine rings is 1. The fourth-order valence-electron chi connectivity index (χ4n) is 4.28. The summed E-state index contributed by atoms with van der Waals surface area (Å²) in [5.41, 5.74) is 2.34. The van der Waals surface area contributed by atoms with Crippen LogP contribution in [0.25, 0.3) is 10.9 Å². The van der Waals surface area contributed by atoms with Crippen molar-refractivity contribution in [2.24, 2.45) is 0 Å². The number of fused-ring (bicyclic) bond motifs is 1. The van der Waals surface area contributed by atoms with E-state index in [0.717, 1.165) is 37.2 Å². The summed E-state index contributed by atoms with van der Waals surface area (Å²) in [6.07, 6.45) is 3.93. The number of hydrogen-bond donors (Lipinski definition) is 2. The van der Waals surface area contributed by atoms with Crippen LogP contribution in [-0.4, -0.2) is 54.6 Å². The number of nitrogens with one attached hydrogen (secondary N) is 2. The van der Waals surface area contributed by atoms with Crippen molar-refractivity contribution in [1.29, 1.82) is 0 Å². The molecule has 0 bridgehead atoms. The number of aromatic amines is 1. The van der Waals surface area contributed by atoms with Gasteiger partial charge in [0.1, 0.15) is 17.2 Å². The SMILES string of the molecule is COc1ccc(NC(=O)CN2CCC(c3c[nH]c4ccc(OC)cc34)CC2)c([N+](=O)[O-])c1. The van der Waals surface area contributed by atoms with Crippen LogP contribution in [-0.2, 0) is 4.79 Å². The van der Waals surface area contributed by atoms with Gasteiger partial charge < -0.3 is 19.8 Å². The summed E-state index contributed by atoms with van der Waals surface area (Å²) in [6, 6.07) is 10.4. The molecule has 0 unspecified atom stereocenters. The zero-order valence-electron chi connectivity index (χ0n) is 18.1. The van der Waals surface area contributed by atoms with Crippen LogP contribution in [0.2, 0.25) is 0 Å². The third-order valence-electron chi connectivity index (χ3n) is 5.99. The lowest BCUT2D eigenvalue weighted by Gasteiger charge is -2.31. The van der Waals surface area contributed by atoms with Crippen molar-refractivity contribution >= 4 is 28.2 Å². The predicted octanol–water partition coefficient (Wildman–Crippen LogP) is 3.91. The quantitative estimate of drug-likeness (QED) is 0.428. The second kappa shape index (κ2) is 9.27. The summed E-state index contributed by atoms with van der Waals surface area (Å²) in [5.74, 6) is 1.33. The molecule has 9 nitrogen and oxygen atoms in total. The van der Waals surface area contributed by atoms with Crippen LogP contribution in [0.1, 0.15) is 24.3 Å². The van der Waals surface area contributed by atoms with Crippen molar-refractivity contribution in [3.8, 4) is 11.5 Å². The molecular weight excluding hydrogens is 412 g/mol. The monoisotopic (exact) mass is 438 g/mol. The molecule has 1 aromatic heterocycles. The van der Waals surface area contributed by atoms with Crippen molar-refractivity contribution < 1.29 is 19.2 Å². The summed E-state index contributed by atoms with van der Waals surface area (Å²) in [6.45, 7) is 1.75. The van der Waals surface area contributed by atoms with Crippen molar-refractivity contribution in [2.45, 2.75) is 18.8 Å². The summed E-state index contributed by atoms with van der Waals surface area (Å²) in [7, 11) is 3.10. The molecule has 1 fully saturated rings. The Kier molecular flexibility index (Phi) is 6.27. The molecule has 32 heavy (non-hydrogen) atoms. The molecule has 0 atom stereocenters.